The van der Waals surface area contributed by atoms with Crippen molar-refractivity contribution in [2.24, 2.45) is 5.73 Å². The van der Waals surface area contributed by atoms with Crippen LogP contribution >= 0.6 is 8.24 Å². The van der Waals surface area contributed by atoms with Gasteiger partial charge in [0.25, 0.3) is 0 Å². The summed E-state index contributed by atoms with van der Waals surface area (Å²) in [4.78, 5) is 0. The molecule has 0 bridgehead atoms. The topological polar surface area (TPSA) is 61.5 Å². The first-order valence-corrected chi connectivity index (χ1v) is 13.1. The van der Waals surface area contributed by atoms with Gasteiger partial charge in [0, 0.05) is 22.9 Å². The van der Waals surface area contributed by atoms with Crippen molar-refractivity contribution in [3.05, 3.63) is 46.5 Å². The van der Waals surface area contributed by atoms with Crippen LogP contribution in [0.1, 0.15) is 91.5 Å². The van der Waals surface area contributed by atoms with Gasteiger partial charge in [0.1, 0.15) is 11.2 Å². The van der Waals surface area contributed by atoms with Crippen LogP contribution in [0.15, 0.2) is 32.7 Å². The van der Waals surface area contributed by atoms with E-state index in [1.54, 1.807) is 0 Å². The third kappa shape index (κ3) is 5.50. The molecule has 1 unspecified atom stereocenters. The molecular formula is C28H42NO3P. The van der Waals surface area contributed by atoms with Crippen LogP contribution in [-0.4, -0.2) is 13.2 Å². The van der Waals surface area contributed by atoms with E-state index in [9.17, 15) is 0 Å². The van der Waals surface area contributed by atoms with E-state index in [4.69, 9.17) is 18.7 Å². The van der Waals surface area contributed by atoms with Crippen LogP contribution in [0.4, 0.5) is 0 Å². The number of nitrogens with two attached hydrogens (primary N) is 1. The van der Waals surface area contributed by atoms with Crippen molar-refractivity contribution < 1.29 is 12.9 Å². The third-order valence-corrected chi connectivity index (χ3v) is 7.17. The number of hydrogen-bond donors (Lipinski definition) is 1. The van der Waals surface area contributed by atoms with Crippen molar-refractivity contribution in [1.29, 1.82) is 0 Å². The van der Waals surface area contributed by atoms with Gasteiger partial charge in [-0.2, -0.15) is 0 Å². The van der Waals surface area contributed by atoms with Crippen LogP contribution < -0.4 is 10.3 Å². The van der Waals surface area contributed by atoms with Crippen LogP contribution in [-0.2, 0) is 22.7 Å². The monoisotopic (exact) mass is 471 g/mol. The molecule has 0 aliphatic carbocycles. The Morgan fingerprint density at radius 1 is 0.758 bits per heavy atom. The van der Waals surface area contributed by atoms with Gasteiger partial charge in [-0.05, 0) is 51.5 Å². The second kappa shape index (κ2) is 9.13. The predicted molar refractivity (Wildman–Crippen MR) is 142 cm³/mol. The van der Waals surface area contributed by atoms with Crippen molar-refractivity contribution in [2.45, 2.75) is 91.9 Å². The Morgan fingerprint density at radius 2 is 1.27 bits per heavy atom. The molecule has 0 amide bonds. The Morgan fingerprint density at radius 3 is 1.76 bits per heavy atom. The highest BCUT2D eigenvalue weighted by Crippen LogP contribution is 2.43. The summed E-state index contributed by atoms with van der Waals surface area (Å²) >= 11 is 0. The Kier molecular flexibility index (Phi) is 7.16. The fourth-order valence-corrected chi connectivity index (χ4v) is 5.07. The maximum atomic E-state index is 6.56. The van der Waals surface area contributed by atoms with E-state index in [1.807, 2.05) is 0 Å². The molecule has 2 N–H and O–H groups in total. The van der Waals surface area contributed by atoms with Gasteiger partial charge in [0.05, 0.1) is 6.61 Å². The molecule has 3 aromatic rings. The second-order valence-corrected chi connectivity index (χ2v) is 13.1. The van der Waals surface area contributed by atoms with Gasteiger partial charge in [-0.15, -0.1) is 0 Å². The molecule has 3 rings (SSSR count). The van der Waals surface area contributed by atoms with Gasteiger partial charge in [-0.3, -0.25) is 4.52 Å². The molecule has 2 aromatic carbocycles. The van der Waals surface area contributed by atoms with E-state index < -0.39 is 8.24 Å². The summed E-state index contributed by atoms with van der Waals surface area (Å²) in [6.07, 6.45) is 0.868. The SMILES string of the molecule is CCc1cc(C(C)(C)C)cc2c1op(OCCN)oc1c(C(C)(C)C)cc(C(C)(C)C)cc12. The maximum Gasteiger partial charge on any atom is 0.387 e. The molecule has 0 radical (unpaired) electrons. The van der Waals surface area contributed by atoms with Gasteiger partial charge in [-0.25, -0.2) is 0 Å². The first-order chi connectivity index (χ1) is 15.2. The van der Waals surface area contributed by atoms with Crippen LogP contribution in [0, 0.1) is 0 Å². The van der Waals surface area contributed by atoms with Gasteiger partial charge < -0.3 is 14.1 Å². The Labute approximate surface area is 200 Å². The molecule has 1 heterocycles. The molecule has 1 aromatic heterocycles. The molecule has 0 saturated carbocycles. The molecule has 0 spiro atoms. The van der Waals surface area contributed by atoms with E-state index in [1.165, 1.54) is 22.3 Å². The van der Waals surface area contributed by atoms with Crippen LogP contribution in [0.3, 0.4) is 0 Å². The highest BCUT2D eigenvalue weighted by Gasteiger charge is 2.26. The molecule has 0 aliphatic heterocycles. The normalized spacial score (nSPS) is 13.7. The summed E-state index contributed by atoms with van der Waals surface area (Å²) in [6, 6.07) is 9.16. The quantitative estimate of drug-likeness (QED) is 0.417. The standard InChI is InChI=1S/C28H42NO3P/c1-11-18-14-19(26(2,3)4)15-21-22-16-20(27(5,6)7)17-23(28(8,9)10)25(22)32-33(30-13-12-29)31-24(18)21/h14-17H,11-13,29H2,1-10H3. The lowest BCUT2D eigenvalue weighted by molar-refractivity contribution is 0.381. The summed E-state index contributed by atoms with van der Waals surface area (Å²) in [5, 5.41) is 2.18. The third-order valence-electron chi connectivity index (χ3n) is 6.11. The van der Waals surface area contributed by atoms with Crippen molar-refractivity contribution >= 4 is 30.2 Å². The number of aryl methyl sites for hydroxylation is 1. The van der Waals surface area contributed by atoms with Crippen LogP contribution in [0.5, 0.6) is 0 Å². The van der Waals surface area contributed by atoms with Crippen molar-refractivity contribution in [3.8, 4) is 0 Å². The molecule has 1 atom stereocenters. The van der Waals surface area contributed by atoms with Gasteiger partial charge in [0.2, 0.25) is 0 Å². The molecule has 4 nitrogen and oxygen atoms in total. The summed E-state index contributed by atoms with van der Waals surface area (Å²) in [5.74, 6) is 0. The molecule has 33 heavy (non-hydrogen) atoms. The van der Waals surface area contributed by atoms with E-state index in [0.717, 1.165) is 28.4 Å². The second-order valence-electron chi connectivity index (χ2n) is 12.0. The summed E-state index contributed by atoms with van der Waals surface area (Å²) in [7, 11) is -1.62. The Bertz CT molecular complexity index is 1190. The lowest BCUT2D eigenvalue weighted by Gasteiger charge is -2.26. The highest BCUT2D eigenvalue weighted by molar-refractivity contribution is 7.31. The zero-order valence-corrected chi connectivity index (χ0v) is 23.1. The summed E-state index contributed by atoms with van der Waals surface area (Å²) in [6.45, 7) is 23.2. The largest absolute Gasteiger partial charge is 0.399 e. The van der Waals surface area contributed by atoms with Crippen LogP contribution in [0.2, 0.25) is 0 Å². The molecule has 0 aliphatic rings. The fraction of sp³-hybridized carbons (Fsp3) is 0.571. The number of benzene rings is 2. The maximum absolute atomic E-state index is 6.56. The first-order valence-electron chi connectivity index (χ1n) is 12.0. The Hall–Kier alpha value is -1.74. The molecule has 0 saturated heterocycles. The van der Waals surface area contributed by atoms with Gasteiger partial charge in [0.15, 0.2) is 0 Å². The minimum absolute atomic E-state index is 0.00162. The summed E-state index contributed by atoms with van der Waals surface area (Å²) < 4.78 is 19.0. The van der Waals surface area contributed by atoms with E-state index in [0.29, 0.717) is 13.2 Å². The van der Waals surface area contributed by atoms with Crippen molar-refractivity contribution in [3.63, 3.8) is 0 Å². The predicted octanol–water partition coefficient (Wildman–Crippen LogP) is 8.13. The highest BCUT2D eigenvalue weighted by atomic mass is 31.1. The average molecular weight is 472 g/mol. The first kappa shape index (κ1) is 25.9. The molecular weight excluding hydrogens is 429 g/mol. The minimum Gasteiger partial charge on any atom is -0.399 e. The number of rotatable bonds is 4. The number of hydrogen-bond acceptors (Lipinski definition) is 4. The lowest BCUT2D eigenvalue weighted by Crippen LogP contribution is -2.16. The lowest BCUT2D eigenvalue weighted by atomic mass is 9.79. The number of fused-ring (bicyclic) bond motifs is 3. The zero-order chi connectivity index (χ0) is 24.8. The summed E-state index contributed by atoms with van der Waals surface area (Å²) in [5.41, 5.74) is 12.3. The van der Waals surface area contributed by atoms with Crippen molar-refractivity contribution in [1.82, 2.24) is 0 Å². The molecule has 182 valence electrons. The fourth-order valence-electron chi connectivity index (χ4n) is 3.96. The van der Waals surface area contributed by atoms with Gasteiger partial charge in [-0.1, -0.05) is 81.4 Å². The van der Waals surface area contributed by atoms with E-state index in [-0.39, 0.29) is 16.2 Å². The van der Waals surface area contributed by atoms with Gasteiger partial charge >= 0.3 is 8.24 Å². The van der Waals surface area contributed by atoms with Crippen LogP contribution in [0.25, 0.3) is 21.9 Å². The Balaban J connectivity index is 2.66. The smallest absolute Gasteiger partial charge is 0.387 e. The van der Waals surface area contributed by atoms with E-state index >= 15 is 0 Å². The molecule has 0 fully saturated rings. The average Bonchev–Trinajstić information content (AvgIpc) is 2.85. The minimum atomic E-state index is -1.62. The van der Waals surface area contributed by atoms with E-state index in [2.05, 4.69) is 93.5 Å². The van der Waals surface area contributed by atoms with Crippen molar-refractivity contribution in [2.75, 3.05) is 13.2 Å². The molecule has 5 heteroatoms. The zero-order valence-electron chi connectivity index (χ0n) is 22.2.